The second kappa shape index (κ2) is 6.64. The fourth-order valence-corrected chi connectivity index (χ4v) is 3.56. The van der Waals surface area contributed by atoms with Gasteiger partial charge in [-0.1, -0.05) is 24.3 Å². The molecule has 0 radical (unpaired) electrons. The van der Waals surface area contributed by atoms with E-state index in [2.05, 4.69) is 25.0 Å². The Labute approximate surface area is 139 Å². The summed E-state index contributed by atoms with van der Waals surface area (Å²) in [5.74, 6) is 1.04. The summed E-state index contributed by atoms with van der Waals surface area (Å²) in [5.41, 5.74) is 1.76. The molecule has 0 aliphatic carbocycles. The van der Waals surface area contributed by atoms with E-state index in [4.69, 9.17) is 0 Å². The number of hydrogen-bond donors (Lipinski definition) is 2. The molecule has 0 aliphatic heterocycles. The average Bonchev–Trinajstić information content (AvgIpc) is 2.97. The number of aromatic nitrogens is 2. The van der Waals surface area contributed by atoms with Crippen LogP contribution in [0.1, 0.15) is 31.3 Å². The van der Waals surface area contributed by atoms with E-state index in [1.807, 2.05) is 35.0 Å². The zero-order chi connectivity index (χ0) is 16.4. The molecule has 1 heterocycles. The largest absolute Gasteiger partial charge is 0.507 e. The van der Waals surface area contributed by atoms with Crippen molar-refractivity contribution in [1.29, 1.82) is 0 Å². The number of aromatic hydroxyl groups is 1. The number of hydrogen-bond acceptors (Lipinski definition) is 4. The molecular weight excluding hydrogens is 308 g/mol. The number of phenolic OH excluding ortho intramolecular Hbond substituents is 1. The van der Waals surface area contributed by atoms with Crippen molar-refractivity contribution in [3.05, 3.63) is 53.9 Å². The van der Waals surface area contributed by atoms with Crippen LogP contribution in [0.25, 0.3) is 10.8 Å². The monoisotopic (exact) mass is 328 g/mol. The molecule has 120 valence electrons. The van der Waals surface area contributed by atoms with Crippen LogP contribution in [0.4, 0.5) is 0 Å². The van der Waals surface area contributed by atoms with Gasteiger partial charge >= 0.3 is 0 Å². The summed E-state index contributed by atoms with van der Waals surface area (Å²) in [5, 5.41) is 25.8. The van der Waals surface area contributed by atoms with E-state index >= 15 is 0 Å². The lowest BCUT2D eigenvalue weighted by Crippen LogP contribution is -2.07. The maximum absolute atomic E-state index is 10.2. The van der Waals surface area contributed by atoms with Crippen LogP contribution >= 0.6 is 11.8 Å². The highest BCUT2D eigenvalue weighted by molar-refractivity contribution is 7.98. The van der Waals surface area contributed by atoms with E-state index < -0.39 is 0 Å². The molecule has 0 bridgehead atoms. The highest BCUT2D eigenvalue weighted by atomic mass is 32.2. The zero-order valence-electron chi connectivity index (χ0n) is 13.2. The molecule has 0 amide bonds. The van der Waals surface area contributed by atoms with Gasteiger partial charge in [-0.25, -0.2) is 0 Å². The van der Waals surface area contributed by atoms with Gasteiger partial charge in [-0.2, -0.15) is 5.10 Å². The third kappa shape index (κ3) is 3.35. The lowest BCUT2D eigenvalue weighted by atomic mass is 10.1. The first kappa shape index (κ1) is 15.9. The lowest BCUT2D eigenvalue weighted by molar-refractivity contribution is 0.274. The quantitative estimate of drug-likeness (QED) is 0.692. The Morgan fingerprint density at radius 2 is 1.96 bits per heavy atom. The van der Waals surface area contributed by atoms with Gasteiger partial charge in [0, 0.05) is 27.8 Å². The van der Waals surface area contributed by atoms with Gasteiger partial charge in [0.1, 0.15) is 5.75 Å². The highest BCUT2D eigenvalue weighted by Gasteiger charge is 2.11. The molecular formula is C18H20N2O2S. The minimum Gasteiger partial charge on any atom is -0.507 e. The third-order valence-electron chi connectivity index (χ3n) is 3.72. The minimum absolute atomic E-state index is 0.0475. The van der Waals surface area contributed by atoms with E-state index in [1.165, 1.54) is 0 Å². The Balaban J connectivity index is 1.85. The van der Waals surface area contributed by atoms with Crippen molar-refractivity contribution < 1.29 is 10.2 Å². The number of fused-ring (bicyclic) bond motifs is 1. The van der Waals surface area contributed by atoms with Crippen LogP contribution in [-0.4, -0.2) is 20.0 Å². The van der Waals surface area contributed by atoms with E-state index in [-0.39, 0.29) is 12.6 Å². The minimum atomic E-state index is -0.0475. The Bertz CT molecular complexity index is 827. The maximum atomic E-state index is 10.2. The lowest BCUT2D eigenvalue weighted by Gasteiger charge is -2.11. The first-order chi connectivity index (χ1) is 11.1. The molecule has 1 aromatic heterocycles. The summed E-state index contributed by atoms with van der Waals surface area (Å²) in [7, 11) is 0. The van der Waals surface area contributed by atoms with Crippen molar-refractivity contribution in [2.45, 2.75) is 37.1 Å². The molecule has 0 saturated carbocycles. The second-order valence-electron chi connectivity index (χ2n) is 5.78. The zero-order valence-corrected chi connectivity index (χ0v) is 14.0. The Morgan fingerprint density at radius 1 is 1.17 bits per heavy atom. The van der Waals surface area contributed by atoms with Gasteiger partial charge in [0.2, 0.25) is 0 Å². The molecule has 23 heavy (non-hydrogen) atoms. The van der Waals surface area contributed by atoms with Crippen molar-refractivity contribution >= 4 is 22.5 Å². The molecule has 0 atom stereocenters. The van der Waals surface area contributed by atoms with Gasteiger partial charge in [0.05, 0.1) is 12.3 Å². The SMILES string of the molecule is CC(C)n1nc(CO)cc1CSc1cc(O)c2ccccc2c1. The molecule has 0 aliphatic rings. The van der Waals surface area contributed by atoms with Crippen LogP contribution in [0.5, 0.6) is 5.75 Å². The molecule has 3 rings (SSSR count). The number of benzene rings is 2. The molecule has 0 saturated heterocycles. The number of aliphatic hydroxyl groups excluding tert-OH is 1. The Hall–Kier alpha value is -1.98. The summed E-state index contributed by atoms with van der Waals surface area (Å²) in [4.78, 5) is 1.02. The molecule has 5 heteroatoms. The predicted molar refractivity (Wildman–Crippen MR) is 93.7 cm³/mol. The molecule has 4 nitrogen and oxygen atoms in total. The fourth-order valence-electron chi connectivity index (χ4n) is 2.63. The van der Waals surface area contributed by atoms with Gasteiger partial charge in [-0.05, 0) is 37.4 Å². The summed E-state index contributed by atoms with van der Waals surface area (Å²) >= 11 is 1.66. The van der Waals surface area contributed by atoms with Crippen molar-refractivity contribution in [1.82, 2.24) is 9.78 Å². The molecule has 0 unspecified atom stereocenters. The summed E-state index contributed by atoms with van der Waals surface area (Å²) in [6, 6.07) is 13.9. The number of aliphatic hydroxyl groups is 1. The van der Waals surface area contributed by atoms with Crippen LogP contribution in [0.3, 0.4) is 0 Å². The first-order valence-corrected chi connectivity index (χ1v) is 8.59. The normalized spacial score (nSPS) is 11.5. The topological polar surface area (TPSA) is 58.3 Å². The van der Waals surface area contributed by atoms with E-state index in [0.717, 1.165) is 27.1 Å². The van der Waals surface area contributed by atoms with Crippen LogP contribution in [0.15, 0.2) is 47.4 Å². The number of rotatable bonds is 5. The van der Waals surface area contributed by atoms with Gasteiger partial charge in [-0.15, -0.1) is 11.8 Å². The van der Waals surface area contributed by atoms with Gasteiger partial charge in [0.15, 0.2) is 0 Å². The van der Waals surface area contributed by atoms with Crippen molar-refractivity contribution in [3.8, 4) is 5.75 Å². The second-order valence-corrected chi connectivity index (χ2v) is 6.82. The van der Waals surface area contributed by atoms with Crippen molar-refractivity contribution in [2.75, 3.05) is 0 Å². The first-order valence-electron chi connectivity index (χ1n) is 7.61. The highest BCUT2D eigenvalue weighted by Crippen LogP contribution is 2.33. The van der Waals surface area contributed by atoms with Crippen LogP contribution in [0.2, 0.25) is 0 Å². The third-order valence-corrected chi connectivity index (χ3v) is 4.72. The molecule has 3 aromatic rings. The standard InChI is InChI=1S/C18H20N2O2S/c1-12(2)20-15(8-14(10-21)19-20)11-23-16-7-13-5-3-4-6-17(13)18(22)9-16/h3-9,12,21-22H,10-11H2,1-2H3. The van der Waals surface area contributed by atoms with Crippen molar-refractivity contribution in [2.24, 2.45) is 0 Å². The maximum Gasteiger partial charge on any atom is 0.124 e. The van der Waals surface area contributed by atoms with E-state index in [9.17, 15) is 10.2 Å². The van der Waals surface area contributed by atoms with Crippen LogP contribution < -0.4 is 0 Å². The smallest absolute Gasteiger partial charge is 0.124 e. The van der Waals surface area contributed by atoms with Crippen molar-refractivity contribution in [3.63, 3.8) is 0 Å². The molecule has 0 spiro atoms. The molecule has 0 fully saturated rings. The summed E-state index contributed by atoms with van der Waals surface area (Å²) in [6.45, 7) is 4.10. The Morgan fingerprint density at radius 3 is 2.70 bits per heavy atom. The van der Waals surface area contributed by atoms with Gasteiger partial charge in [0.25, 0.3) is 0 Å². The average molecular weight is 328 g/mol. The van der Waals surface area contributed by atoms with Crippen LogP contribution in [-0.2, 0) is 12.4 Å². The van der Waals surface area contributed by atoms with Crippen LogP contribution in [0, 0.1) is 0 Å². The van der Waals surface area contributed by atoms with E-state index in [1.54, 1.807) is 17.8 Å². The summed E-state index contributed by atoms with van der Waals surface area (Å²) < 4.78 is 1.94. The summed E-state index contributed by atoms with van der Waals surface area (Å²) in [6.07, 6.45) is 0. The predicted octanol–water partition coefficient (Wildman–Crippen LogP) is 4.11. The molecule has 2 aromatic carbocycles. The van der Waals surface area contributed by atoms with E-state index in [0.29, 0.717) is 11.4 Å². The Kier molecular flexibility index (Phi) is 4.59. The number of nitrogens with zero attached hydrogens (tertiary/aromatic N) is 2. The molecule has 2 N–H and O–H groups in total. The fraction of sp³-hybridized carbons (Fsp3) is 0.278. The van der Waals surface area contributed by atoms with Gasteiger partial charge < -0.3 is 10.2 Å². The van der Waals surface area contributed by atoms with Gasteiger partial charge in [-0.3, -0.25) is 4.68 Å². The number of thioether (sulfide) groups is 1. The number of phenols is 1.